The van der Waals surface area contributed by atoms with Crippen LogP contribution in [0.5, 0.6) is 0 Å². The van der Waals surface area contributed by atoms with Crippen LogP contribution in [0.1, 0.15) is 5.56 Å². The number of rotatable bonds is 0. The molecule has 0 atom stereocenters. The highest BCUT2D eigenvalue weighted by Gasteiger charge is 2.11. The van der Waals surface area contributed by atoms with Crippen LogP contribution < -0.4 is 11.4 Å². The third-order valence-corrected chi connectivity index (χ3v) is 2.68. The van der Waals surface area contributed by atoms with E-state index < -0.39 is 0 Å². The van der Waals surface area contributed by atoms with Gasteiger partial charge >= 0.3 is 5.63 Å². The molecule has 4 heteroatoms. The predicted octanol–water partition coefficient (Wildman–Crippen LogP) is 2.43. The summed E-state index contributed by atoms with van der Waals surface area (Å²) in [5.74, 6) is 0. The van der Waals surface area contributed by atoms with Gasteiger partial charge in [-0.2, -0.15) is 0 Å². The molecule has 2 N–H and O–H groups in total. The average molecular weight is 215 g/mol. The number of benzene rings is 1. The lowest BCUT2D eigenvalue weighted by Gasteiger charge is -2.03. The van der Waals surface area contributed by atoms with Crippen molar-refractivity contribution in [2.45, 2.75) is 6.92 Å². The number of nitrogens with two attached hydrogens (primary N) is 1. The highest BCUT2D eigenvalue weighted by molar-refractivity contribution is 6.08. The molecule has 0 amide bonds. The first kappa shape index (κ1) is 9.03. The molecular formula is C12H9NO3. The summed E-state index contributed by atoms with van der Waals surface area (Å²) in [7, 11) is 0. The Morgan fingerprint density at radius 1 is 1.19 bits per heavy atom. The van der Waals surface area contributed by atoms with Gasteiger partial charge in [-0.25, -0.2) is 4.79 Å². The molecule has 0 fully saturated rings. The van der Waals surface area contributed by atoms with Crippen LogP contribution in [0.25, 0.3) is 21.9 Å². The molecule has 0 aliphatic carbocycles. The number of furan rings is 1. The number of hydrogen-bond acceptors (Lipinski definition) is 4. The topological polar surface area (TPSA) is 69.4 Å². The van der Waals surface area contributed by atoms with Gasteiger partial charge in [-0.15, -0.1) is 0 Å². The number of nitrogen functional groups attached to an aromatic ring is 1. The summed E-state index contributed by atoms with van der Waals surface area (Å²) in [5, 5.41) is 1.57. The molecule has 80 valence electrons. The Morgan fingerprint density at radius 2 is 2.00 bits per heavy atom. The largest absolute Gasteiger partial charge is 0.462 e. The van der Waals surface area contributed by atoms with E-state index in [2.05, 4.69) is 0 Å². The Bertz CT molecular complexity index is 752. The van der Waals surface area contributed by atoms with E-state index in [4.69, 9.17) is 14.6 Å². The van der Waals surface area contributed by atoms with Gasteiger partial charge in [0, 0.05) is 11.5 Å². The van der Waals surface area contributed by atoms with E-state index in [1.807, 2.05) is 6.92 Å². The Hall–Kier alpha value is -2.23. The molecule has 0 saturated carbocycles. The lowest BCUT2D eigenvalue weighted by Crippen LogP contribution is -1.98. The Labute approximate surface area is 90.3 Å². The van der Waals surface area contributed by atoms with Crippen molar-refractivity contribution in [3.05, 3.63) is 40.4 Å². The normalized spacial score (nSPS) is 11.3. The molecule has 0 radical (unpaired) electrons. The average Bonchev–Trinajstić information content (AvgIpc) is 2.69. The van der Waals surface area contributed by atoms with Crippen molar-refractivity contribution in [2.24, 2.45) is 0 Å². The third-order valence-electron chi connectivity index (χ3n) is 2.68. The minimum atomic E-state index is -0.364. The fourth-order valence-electron chi connectivity index (χ4n) is 1.93. The first-order valence-corrected chi connectivity index (χ1v) is 4.87. The van der Waals surface area contributed by atoms with E-state index in [-0.39, 0.29) is 5.63 Å². The number of fused-ring (bicyclic) bond motifs is 3. The maximum absolute atomic E-state index is 11.3. The molecule has 2 heterocycles. The van der Waals surface area contributed by atoms with Gasteiger partial charge in [0.2, 0.25) is 0 Å². The maximum Gasteiger partial charge on any atom is 0.336 e. The first-order valence-electron chi connectivity index (χ1n) is 4.87. The van der Waals surface area contributed by atoms with E-state index in [0.717, 1.165) is 16.3 Å². The summed E-state index contributed by atoms with van der Waals surface area (Å²) < 4.78 is 10.4. The quantitative estimate of drug-likeness (QED) is 0.462. The van der Waals surface area contributed by atoms with Gasteiger partial charge in [0.05, 0.1) is 17.3 Å². The van der Waals surface area contributed by atoms with Gasteiger partial charge in [0.15, 0.2) is 5.58 Å². The van der Waals surface area contributed by atoms with Crippen molar-refractivity contribution < 1.29 is 8.83 Å². The van der Waals surface area contributed by atoms with E-state index in [1.54, 1.807) is 12.1 Å². The molecule has 16 heavy (non-hydrogen) atoms. The molecule has 4 nitrogen and oxygen atoms in total. The van der Waals surface area contributed by atoms with Crippen molar-refractivity contribution >= 4 is 27.6 Å². The Balaban J connectivity index is 2.69. The van der Waals surface area contributed by atoms with Gasteiger partial charge < -0.3 is 14.6 Å². The van der Waals surface area contributed by atoms with Crippen LogP contribution in [0.15, 0.2) is 38.1 Å². The van der Waals surface area contributed by atoms with Crippen LogP contribution in [0.4, 0.5) is 5.69 Å². The van der Waals surface area contributed by atoms with E-state index in [0.29, 0.717) is 16.9 Å². The van der Waals surface area contributed by atoms with Crippen molar-refractivity contribution in [2.75, 3.05) is 5.73 Å². The summed E-state index contributed by atoms with van der Waals surface area (Å²) in [6.07, 6.45) is 1.53. The molecule has 2 aromatic heterocycles. The number of anilines is 1. The SMILES string of the molecule is Cc1cc(=O)oc2c1cc(N)c1occc12. The zero-order valence-electron chi connectivity index (χ0n) is 8.61. The Morgan fingerprint density at radius 3 is 2.81 bits per heavy atom. The molecule has 0 aliphatic rings. The molecule has 0 spiro atoms. The molecule has 0 bridgehead atoms. The van der Waals surface area contributed by atoms with Crippen molar-refractivity contribution in [3.8, 4) is 0 Å². The van der Waals surface area contributed by atoms with E-state index >= 15 is 0 Å². The first-order chi connectivity index (χ1) is 7.66. The van der Waals surface area contributed by atoms with Crippen molar-refractivity contribution in [1.29, 1.82) is 0 Å². The van der Waals surface area contributed by atoms with Crippen molar-refractivity contribution in [3.63, 3.8) is 0 Å². The highest BCUT2D eigenvalue weighted by atomic mass is 16.4. The van der Waals surface area contributed by atoms with Gasteiger partial charge in [0.1, 0.15) is 5.58 Å². The second kappa shape index (κ2) is 2.88. The molecular weight excluding hydrogens is 206 g/mol. The van der Waals surface area contributed by atoms with Crippen LogP contribution in [-0.4, -0.2) is 0 Å². The zero-order valence-corrected chi connectivity index (χ0v) is 8.61. The van der Waals surface area contributed by atoms with Gasteiger partial charge in [0.25, 0.3) is 0 Å². The fourth-order valence-corrected chi connectivity index (χ4v) is 1.93. The Kier molecular flexibility index (Phi) is 1.63. The second-order valence-electron chi connectivity index (χ2n) is 3.75. The van der Waals surface area contributed by atoms with Crippen LogP contribution in [0, 0.1) is 6.92 Å². The minimum Gasteiger partial charge on any atom is -0.462 e. The molecule has 0 aliphatic heterocycles. The molecule has 3 rings (SSSR count). The summed E-state index contributed by atoms with van der Waals surface area (Å²) in [6, 6.07) is 4.96. The zero-order chi connectivity index (χ0) is 11.3. The minimum absolute atomic E-state index is 0.364. The number of hydrogen-bond donors (Lipinski definition) is 1. The molecule has 3 aromatic rings. The lowest BCUT2D eigenvalue weighted by molar-refractivity contribution is 0.562. The van der Waals surface area contributed by atoms with E-state index in [1.165, 1.54) is 12.3 Å². The number of aryl methyl sites for hydroxylation is 1. The maximum atomic E-state index is 11.3. The smallest absolute Gasteiger partial charge is 0.336 e. The summed E-state index contributed by atoms with van der Waals surface area (Å²) >= 11 is 0. The lowest BCUT2D eigenvalue weighted by atomic mass is 10.1. The summed E-state index contributed by atoms with van der Waals surface area (Å²) in [6.45, 7) is 1.85. The van der Waals surface area contributed by atoms with Gasteiger partial charge in [-0.3, -0.25) is 0 Å². The molecule has 0 unspecified atom stereocenters. The van der Waals surface area contributed by atoms with Crippen LogP contribution >= 0.6 is 0 Å². The summed E-state index contributed by atoms with van der Waals surface area (Å²) in [5.41, 5.74) is 7.98. The van der Waals surface area contributed by atoms with Crippen molar-refractivity contribution in [1.82, 2.24) is 0 Å². The second-order valence-corrected chi connectivity index (χ2v) is 3.75. The highest BCUT2D eigenvalue weighted by Crippen LogP contribution is 2.31. The fraction of sp³-hybridized carbons (Fsp3) is 0.0833. The van der Waals surface area contributed by atoms with Gasteiger partial charge in [-0.05, 0) is 24.6 Å². The standard InChI is InChI=1S/C12H9NO3/c1-6-4-10(14)16-11-7-2-3-15-12(7)9(13)5-8(6)11/h2-5H,13H2,1H3. The monoisotopic (exact) mass is 215 g/mol. The van der Waals surface area contributed by atoms with E-state index in [9.17, 15) is 4.79 Å². The van der Waals surface area contributed by atoms with Gasteiger partial charge in [-0.1, -0.05) is 0 Å². The van der Waals surface area contributed by atoms with Crippen LogP contribution in [-0.2, 0) is 0 Å². The predicted molar refractivity (Wildman–Crippen MR) is 61.4 cm³/mol. The summed E-state index contributed by atoms with van der Waals surface area (Å²) in [4.78, 5) is 11.3. The van der Waals surface area contributed by atoms with Crippen LogP contribution in [0.2, 0.25) is 0 Å². The molecule has 0 saturated heterocycles. The van der Waals surface area contributed by atoms with Crippen LogP contribution in [0.3, 0.4) is 0 Å². The third kappa shape index (κ3) is 1.07. The molecule has 1 aromatic carbocycles.